The van der Waals surface area contributed by atoms with Crippen LogP contribution in [0.5, 0.6) is 0 Å². The molecule has 8 heteroatoms. The van der Waals surface area contributed by atoms with Gasteiger partial charge in [-0.3, -0.25) is 4.57 Å². The van der Waals surface area contributed by atoms with E-state index >= 15 is 0 Å². The topological polar surface area (TPSA) is 66.9 Å². The Kier molecular flexibility index (Phi) is 4.35. The van der Waals surface area contributed by atoms with Gasteiger partial charge in [-0.15, -0.1) is 0 Å². The van der Waals surface area contributed by atoms with Gasteiger partial charge >= 0.3 is 14.7 Å². The summed E-state index contributed by atoms with van der Waals surface area (Å²) in [5, 5.41) is 0. The molecule has 116 valence electrons. The minimum absolute atomic E-state index is 0.257. The van der Waals surface area contributed by atoms with Crippen LogP contribution in [0.4, 0.5) is 0 Å². The smallest absolute Gasteiger partial charge is 0.399 e. The molecule has 1 aromatic heterocycles. The minimum atomic E-state index is -3.33. The van der Waals surface area contributed by atoms with E-state index in [1.807, 2.05) is 27.7 Å². The zero-order chi connectivity index (χ0) is 15.9. The van der Waals surface area contributed by atoms with Crippen LogP contribution in [0.25, 0.3) is 0 Å². The summed E-state index contributed by atoms with van der Waals surface area (Å²) in [6, 6.07) is 3.36. The van der Waals surface area contributed by atoms with Crippen molar-refractivity contribution in [3.8, 4) is 0 Å². The SMILES string of the molecule is COP(=O)(OC)c1ccc(B2OC(C)(C)C(C)(C)O2)cn1. The largest absolute Gasteiger partial charge is 0.496 e. The lowest BCUT2D eigenvalue weighted by Gasteiger charge is -2.32. The molecule has 1 aromatic rings. The molecule has 0 radical (unpaired) electrons. The van der Waals surface area contributed by atoms with Crippen LogP contribution in [-0.2, 0) is 22.9 Å². The van der Waals surface area contributed by atoms with Crippen molar-refractivity contribution < 1.29 is 22.9 Å². The average molecular weight is 313 g/mol. The number of hydrogen-bond donors (Lipinski definition) is 0. The molecule has 1 aliphatic rings. The van der Waals surface area contributed by atoms with Crippen LogP contribution in [0, 0.1) is 0 Å². The summed E-state index contributed by atoms with van der Waals surface area (Å²) in [4.78, 5) is 4.16. The highest BCUT2D eigenvalue weighted by Crippen LogP contribution is 2.44. The van der Waals surface area contributed by atoms with E-state index in [-0.39, 0.29) is 5.44 Å². The second kappa shape index (κ2) is 5.49. The molecular weight excluding hydrogens is 292 g/mol. The van der Waals surface area contributed by atoms with Gasteiger partial charge in [-0.2, -0.15) is 0 Å². The highest BCUT2D eigenvalue weighted by atomic mass is 31.2. The molecule has 21 heavy (non-hydrogen) atoms. The third-order valence-electron chi connectivity index (χ3n) is 4.06. The molecule has 0 unspecified atom stereocenters. The summed E-state index contributed by atoms with van der Waals surface area (Å²) >= 11 is 0. The molecule has 0 amide bonds. The van der Waals surface area contributed by atoms with E-state index < -0.39 is 25.9 Å². The Balaban J connectivity index is 2.24. The molecule has 0 spiro atoms. The predicted octanol–water partition coefficient (Wildman–Crippen LogP) is 1.49. The van der Waals surface area contributed by atoms with Crippen LogP contribution in [0.1, 0.15) is 27.7 Å². The van der Waals surface area contributed by atoms with Gasteiger partial charge in [0.1, 0.15) is 0 Å². The van der Waals surface area contributed by atoms with Gasteiger partial charge in [0, 0.05) is 25.9 Å². The van der Waals surface area contributed by atoms with Crippen LogP contribution in [0.3, 0.4) is 0 Å². The van der Waals surface area contributed by atoms with Crippen molar-refractivity contribution >= 4 is 25.6 Å². The maximum absolute atomic E-state index is 12.2. The molecule has 0 N–H and O–H groups in total. The third-order valence-corrected chi connectivity index (χ3v) is 5.84. The molecule has 0 aliphatic carbocycles. The predicted molar refractivity (Wildman–Crippen MR) is 81.2 cm³/mol. The molecule has 0 saturated carbocycles. The van der Waals surface area contributed by atoms with Crippen molar-refractivity contribution in [3.05, 3.63) is 18.3 Å². The van der Waals surface area contributed by atoms with E-state index in [4.69, 9.17) is 18.4 Å². The molecule has 2 heterocycles. The van der Waals surface area contributed by atoms with Gasteiger partial charge in [-0.25, -0.2) is 4.98 Å². The van der Waals surface area contributed by atoms with Crippen LogP contribution in [0.15, 0.2) is 18.3 Å². The second-order valence-electron chi connectivity index (χ2n) is 5.90. The fraction of sp³-hybridized carbons (Fsp3) is 0.615. The molecule has 1 saturated heterocycles. The number of pyridine rings is 1. The maximum Gasteiger partial charge on any atom is 0.496 e. The Bertz CT molecular complexity index is 536. The first-order chi connectivity index (χ1) is 9.65. The number of nitrogens with zero attached hydrogens (tertiary/aromatic N) is 1. The molecule has 2 rings (SSSR count). The molecular formula is C13H21BNO5P. The Morgan fingerprint density at radius 3 is 2.00 bits per heavy atom. The zero-order valence-corrected chi connectivity index (χ0v) is 14.1. The molecule has 0 atom stereocenters. The van der Waals surface area contributed by atoms with Crippen molar-refractivity contribution in [2.24, 2.45) is 0 Å². The van der Waals surface area contributed by atoms with Crippen LogP contribution in [-0.4, -0.2) is 37.5 Å². The lowest BCUT2D eigenvalue weighted by molar-refractivity contribution is 0.00578. The van der Waals surface area contributed by atoms with Crippen LogP contribution in [0.2, 0.25) is 0 Å². The maximum atomic E-state index is 12.2. The fourth-order valence-corrected chi connectivity index (χ4v) is 2.92. The van der Waals surface area contributed by atoms with Crippen LogP contribution < -0.4 is 10.9 Å². The van der Waals surface area contributed by atoms with Gasteiger partial charge in [0.05, 0.1) is 11.2 Å². The van der Waals surface area contributed by atoms with Gasteiger partial charge in [-0.1, -0.05) is 6.07 Å². The van der Waals surface area contributed by atoms with Crippen molar-refractivity contribution in [3.63, 3.8) is 0 Å². The monoisotopic (exact) mass is 313 g/mol. The van der Waals surface area contributed by atoms with Crippen molar-refractivity contribution in [1.29, 1.82) is 0 Å². The lowest BCUT2D eigenvalue weighted by atomic mass is 9.80. The van der Waals surface area contributed by atoms with Gasteiger partial charge in [0.15, 0.2) is 5.44 Å². The fourth-order valence-electron chi connectivity index (χ4n) is 1.94. The van der Waals surface area contributed by atoms with E-state index in [0.717, 1.165) is 5.46 Å². The van der Waals surface area contributed by atoms with E-state index in [2.05, 4.69) is 4.98 Å². The van der Waals surface area contributed by atoms with Gasteiger partial charge in [0.2, 0.25) is 0 Å². The Labute approximate surface area is 125 Å². The summed E-state index contributed by atoms with van der Waals surface area (Å²) in [6.07, 6.45) is 1.57. The first kappa shape index (κ1) is 16.7. The first-order valence-electron chi connectivity index (χ1n) is 6.69. The quantitative estimate of drug-likeness (QED) is 0.620. The Hall–Kier alpha value is -0.715. The normalized spacial score (nSPS) is 20.8. The molecule has 0 aromatic carbocycles. The van der Waals surface area contributed by atoms with E-state index in [9.17, 15) is 4.57 Å². The second-order valence-corrected chi connectivity index (χ2v) is 8.08. The summed E-state index contributed by atoms with van der Waals surface area (Å²) in [5.74, 6) is 0. The molecule has 1 aliphatic heterocycles. The molecule has 1 fully saturated rings. The Morgan fingerprint density at radius 2 is 1.62 bits per heavy atom. The van der Waals surface area contributed by atoms with E-state index in [0.29, 0.717) is 0 Å². The summed E-state index contributed by atoms with van der Waals surface area (Å²) in [6.45, 7) is 7.94. The Morgan fingerprint density at radius 1 is 1.10 bits per heavy atom. The van der Waals surface area contributed by atoms with Crippen molar-refractivity contribution in [2.45, 2.75) is 38.9 Å². The summed E-state index contributed by atoms with van der Waals surface area (Å²) < 4.78 is 33.9. The first-order valence-corrected chi connectivity index (χ1v) is 8.23. The van der Waals surface area contributed by atoms with E-state index in [1.54, 1.807) is 18.3 Å². The molecule has 0 bridgehead atoms. The third kappa shape index (κ3) is 2.94. The standard InChI is InChI=1S/C13H21BNO5P/c1-12(2)13(3,4)20-14(19-12)10-7-8-11(15-9-10)21(16,17-5)18-6/h7-9H,1-6H3. The number of rotatable bonds is 4. The highest BCUT2D eigenvalue weighted by molar-refractivity contribution is 7.61. The van der Waals surface area contributed by atoms with Crippen LogP contribution >= 0.6 is 7.60 Å². The zero-order valence-electron chi connectivity index (χ0n) is 13.2. The van der Waals surface area contributed by atoms with Crippen molar-refractivity contribution in [1.82, 2.24) is 4.98 Å². The number of hydrogen-bond acceptors (Lipinski definition) is 6. The van der Waals surface area contributed by atoms with Gasteiger partial charge < -0.3 is 18.4 Å². The highest BCUT2D eigenvalue weighted by Gasteiger charge is 2.51. The van der Waals surface area contributed by atoms with Gasteiger partial charge in [-0.05, 0) is 33.8 Å². The number of aromatic nitrogens is 1. The molecule has 6 nitrogen and oxygen atoms in total. The summed E-state index contributed by atoms with van der Waals surface area (Å²) in [7, 11) is -1.17. The lowest BCUT2D eigenvalue weighted by Crippen LogP contribution is -2.41. The van der Waals surface area contributed by atoms with Gasteiger partial charge in [0.25, 0.3) is 0 Å². The van der Waals surface area contributed by atoms with E-state index in [1.165, 1.54) is 14.2 Å². The average Bonchev–Trinajstić information content (AvgIpc) is 2.67. The minimum Gasteiger partial charge on any atom is -0.399 e. The van der Waals surface area contributed by atoms with Crippen molar-refractivity contribution in [2.75, 3.05) is 14.2 Å². The summed E-state index contributed by atoms with van der Waals surface area (Å²) in [5.41, 5.74) is 0.193.